The minimum atomic E-state index is -0.978. The van der Waals surface area contributed by atoms with E-state index in [-0.39, 0.29) is 5.41 Å². The van der Waals surface area contributed by atoms with Crippen LogP contribution in [0.1, 0.15) is 12.0 Å². The second-order valence-corrected chi connectivity index (χ2v) is 5.06. The summed E-state index contributed by atoms with van der Waals surface area (Å²) in [7, 11) is 0. The zero-order valence-corrected chi connectivity index (χ0v) is 10.3. The number of H-pyrrole nitrogens is 1. The quantitative estimate of drug-likeness (QED) is 0.749. The topological polar surface area (TPSA) is 101 Å². The van der Waals surface area contributed by atoms with Crippen LogP contribution in [0.2, 0.25) is 0 Å². The van der Waals surface area contributed by atoms with Crippen molar-refractivity contribution in [2.45, 2.75) is 17.9 Å². The summed E-state index contributed by atoms with van der Waals surface area (Å²) < 4.78 is 5.29. The van der Waals surface area contributed by atoms with E-state index in [0.717, 1.165) is 16.6 Å². The highest BCUT2D eigenvalue weighted by atomic mass is 16.5. The van der Waals surface area contributed by atoms with Crippen LogP contribution in [-0.4, -0.2) is 40.3 Å². The fourth-order valence-electron chi connectivity index (χ4n) is 2.52. The Hall–Kier alpha value is -1.92. The monoisotopic (exact) mass is 261 g/mol. The van der Waals surface area contributed by atoms with Gasteiger partial charge in [-0.2, -0.15) is 0 Å². The Labute approximate surface area is 109 Å². The predicted molar refractivity (Wildman–Crippen MR) is 68.8 cm³/mol. The number of hydrogen-bond acceptors (Lipinski definition) is 4. The van der Waals surface area contributed by atoms with Gasteiger partial charge in [0.05, 0.1) is 30.6 Å². The number of nitrogens with two attached hydrogens (primary N) is 1. The van der Waals surface area contributed by atoms with E-state index in [0.29, 0.717) is 19.6 Å². The van der Waals surface area contributed by atoms with E-state index in [4.69, 9.17) is 15.6 Å². The summed E-state index contributed by atoms with van der Waals surface area (Å²) in [6.45, 7) is 1.02. The molecule has 0 spiro atoms. The van der Waals surface area contributed by atoms with Crippen molar-refractivity contribution < 1.29 is 14.6 Å². The predicted octanol–water partition coefficient (Wildman–Crippen LogP) is 0.633. The molecule has 1 saturated heterocycles. The maximum atomic E-state index is 10.9. The van der Waals surface area contributed by atoms with Crippen LogP contribution in [0.25, 0.3) is 11.0 Å². The van der Waals surface area contributed by atoms with Gasteiger partial charge in [0.25, 0.3) is 0 Å². The molecule has 1 aliphatic heterocycles. The molecule has 3 rings (SSSR count). The third-order valence-corrected chi connectivity index (χ3v) is 3.72. The molecule has 0 amide bonds. The Kier molecular flexibility index (Phi) is 2.76. The van der Waals surface area contributed by atoms with Crippen molar-refractivity contribution in [2.75, 3.05) is 13.2 Å². The van der Waals surface area contributed by atoms with Crippen molar-refractivity contribution in [1.29, 1.82) is 0 Å². The maximum Gasteiger partial charge on any atom is 0.320 e. The first-order valence-corrected chi connectivity index (χ1v) is 6.10. The van der Waals surface area contributed by atoms with E-state index in [1.54, 1.807) is 6.33 Å². The lowest BCUT2D eigenvalue weighted by Crippen LogP contribution is -2.51. The van der Waals surface area contributed by atoms with Gasteiger partial charge in [0.15, 0.2) is 0 Å². The number of carbonyl (C=O) groups is 1. The Morgan fingerprint density at radius 3 is 3.00 bits per heavy atom. The maximum absolute atomic E-state index is 10.9. The van der Waals surface area contributed by atoms with Gasteiger partial charge in [0, 0.05) is 5.41 Å². The summed E-state index contributed by atoms with van der Waals surface area (Å²) in [6.07, 6.45) is 2.02. The molecule has 1 aromatic heterocycles. The van der Waals surface area contributed by atoms with Gasteiger partial charge in [-0.05, 0) is 24.1 Å². The summed E-state index contributed by atoms with van der Waals surface area (Å²) in [5.41, 5.74) is 8.25. The summed E-state index contributed by atoms with van der Waals surface area (Å²) in [5.74, 6) is -0.978. The number of nitrogens with zero attached hydrogens (tertiary/aromatic N) is 1. The number of hydrogen-bond donors (Lipinski definition) is 3. The number of ether oxygens (including phenoxy) is 1. The number of carboxylic acids is 1. The van der Waals surface area contributed by atoms with Crippen LogP contribution in [0.15, 0.2) is 24.5 Å². The molecule has 1 aromatic carbocycles. The second-order valence-electron chi connectivity index (χ2n) is 5.06. The molecule has 0 bridgehead atoms. The number of nitrogens with one attached hydrogen (secondary N) is 1. The number of benzene rings is 1. The average Bonchev–Trinajstić information content (AvgIpc) is 2.80. The van der Waals surface area contributed by atoms with E-state index in [1.807, 2.05) is 18.2 Å². The highest BCUT2D eigenvalue weighted by molar-refractivity contribution is 5.76. The van der Waals surface area contributed by atoms with Crippen LogP contribution in [0.3, 0.4) is 0 Å². The van der Waals surface area contributed by atoms with E-state index < -0.39 is 12.0 Å². The van der Waals surface area contributed by atoms with Crippen molar-refractivity contribution in [3.8, 4) is 0 Å². The number of aromatic nitrogens is 2. The first kappa shape index (κ1) is 12.1. The Morgan fingerprint density at radius 1 is 1.58 bits per heavy atom. The normalized spacial score (nSPS) is 19.0. The van der Waals surface area contributed by atoms with E-state index >= 15 is 0 Å². The van der Waals surface area contributed by atoms with Gasteiger partial charge in [-0.3, -0.25) is 4.79 Å². The van der Waals surface area contributed by atoms with Gasteiger partial charge >= 0.3 is 5.97 Å². The van der Waals surface area contributed by atoms with Crippen molar-refractivity contribution in [2.24, 2.45) is 5.73 Å². The number of aliphatic carboxylic acids is 1. The van der Waals surface area contributed by atoms with E-state index in [1.165, 1.54) is 0 Å². The number of imidazole rings is 1. The Bertz CT molecular complexity index is 618. The molecule has 0 saturated carbocycles. The summed E-state index contributed by atoms with van der Waals surface area (Å²) in [4.78, 5) is 18.2. The van der Waals surface area contributed by atoms with Gasteiger partial charge in [-0.25, -0.2) is 4.98 Å². The zero-order chi connectivity index (χ0) is 13.5. The molecule has 1 fully saturated rings. The number of aromatic amines is 1. The van der Waals surface area contributed by atoms with Crippen LogP contribution in [0.4, 0.5) is 0 Å². The first-order valence-electron chi connectivity index (χ1n) is 6.10. The zero-order valence-electron chi connectivity index (χ0n) is 10.3. The smallest absolute Gasteiger partial charge is 0.320 e. The molecule has 0 radical (unpaired) electrons. The van der Waals surface area contributed by atoms with Gasteiger partial charge in [-0.15, -0.1) is 0 Å². The molecule has 6 heteroatoms. The molecule has 4 N–H and O–H groups in total. The molecule has 100 valence electrons. The molecule has 2 aromatic rings. The fraction of sp³-hybridized carbons (Fsp3) is 0.385. The highest BCUT2D eigenvalue weighted by Gasteiger charge is 2.43. The Morgan fingerprint density at radius 2 is 2.37 bits per heavy atom. The number of carboxylic acid groups (broad SMARTS) is 1. The molecule has 1 unspecified atom stereocenters. The lowest BCUT2D eigenvalue weighted by atomic mass is 9.74. The molecule has 1 aliphatic rings. The van der Waals surface area contributed by atoms with Gasteiger partial charge in [-0.1, -0.05) is 6.07 Å². The summed E-state index contributed by atoms with van der Waals surface area (Å²) in [5, 5.41) is 8.97. The molecule has 6 nitrogen and oxygen atoms in total. The standard InChI is InChI=1S/C13H15N3O3/c14-9(12(17)18)4-13(5-19-6-13)8-1-2-10-11(3-8)16-7-15-10/h1-3,7,9H,4-6,14H2,(H,15,16)(H,17,18). The first-order chi connectivity index (χ1) is 9.11. The molecule has 2 heterocycles. The third-order valence-electron chi connectivity index (χ3n) is 3.72. The van der Waals surface area contributed by atoms with Gasteiger partial charge < -0.3 is 20.6 Å². The van der Waals surface area contributed by atoms with Crippen molar-refractivity contribution in [3.63, 3.8) is 0 Å². The van der Waals surface area contributed by atoms with Crippen LogP contribution in [0, 0.1) is 0 Å². The Balaban J connectivity index is 1.94. The van der Waals surface area contributed by atoms with Gasteiger partial charge in [0.2, 0.25) is 0 Å². The highest BCUT2D eigenvalue weighted by Crippen LogP contribution is 2.37. The van der Waals surface area contributed by atoms with Crippen LogP contribution < -0.4 is 5.73 Å². The average molecular weight is 261 g/mol. The molecular weight excluding hydrogens is 246 g/mol. The molecule has 19 heavy (non-hydrogen) atoms. The van der Waals surface area contributed by atoms with E-state index in [2.05, 4.69) is 9.97 Å². The van der Waals surface area contributed by atoms with Crippen molar-refractivity contribution in [1.82, 2.24) is 9.97 Å². The largest absolute Gasteiger partial charge is 0.480 e. The number of fused-ring (bicyclic) bond motifs is 1. The molecular formula is C13H15N3O3. The van der Waals surface area contributed by atoms with Crippen LogP contribution >= 0.6 is 0 Å². The molecule has 0 aliphatic carbocycles. The van der Waals surface area contributed by atoms with Crippen molar-refractivity contribution in [3.05, 3.63) is 30.1 Å². The number of rotatable bonds is 4. The summed E-state index contributed by atoms with van der Waals surface area (Å²) in [6, 6.07) is 5.02. The second kappa shape index (κ2) is 4.32. The minimum absolute atomic E-state index is 0.295. The lowest BCUT2D eigenvalue weighted by Gasteiger charge is -2.43. The minimum Gasteiger partial charge on any atom is -0.480 e. The van der Waals surface area contributed by atoms with Gasteiger partial charge in [0.1, 0.15) is 6.04 Å². The van der Waals surface area contributed by atoms with Crippen molar-refractivity contribution >= 4 is 17.0 Å². The molecule has 1 atom stereocenters. The van der Waals surface area contributed by atoms with E-state index in [9.17, 15) is 4.79 Å². The van der Waals surface area contributed by atoms with Crippen LogP contribution in [-0.2, 0) is 14.9 Å². The lowest BCUT2D eigenvalue weighted by molar-refractivity contribution is -0.141. The third kappa shape index (κ3) is 1.98. The van der Waals surface area contributed by atoms with Crippen LogP contribution in [0.5, 0.6) is 0 Å². The SMILES string of the molecule is NC(CC1(c2ccc3nc[nH]c3c2)COC1)C(=O)O. The summed E-state index contributed by atoms with van der Waals surface area (Å²) >= 11 is 0. The fourth-order valence-corrected chi connectivity index (χ4v) is 2.52.